The fraction of sp³-hybridized carbons (Fsp3) is 0.562. The third-order valence-corrected chi connectivity index (χ3v) is 4.56. The van der Waals surface area contributed by atoms with Gasteiger partial charge in [-0.25, -0.2) is 0 Å². The van der Waals surface area contributed by atoms with E-state index in [1.165, 1.54) is 18.4 Å². The van der Waals surface area contributed by atoms with E-state index in [0.29, 0.717) is 11.8 Å². The Morgan fingerprint density at radius 1 is 1.35 bits per heavy atom. The molecule has 0 radical (unpaired) electrons. The van der Waals surface area contributed by atoms with E-state index in [4.69, 9.17) is 0 Å². The van der Waals surface area contributed by atoms with E-state index in [1.54, 1.807) is 11.8 Å². The smallest absolute Gasteiger partial charge is 0.230 e. The number of carbonyl (C=O) groups is 1. The Hall–Kier alpha value is -1.00. The SMILES string of the molecule is CCNC(C)c1ccc(SCC(=O)NCC2CC2)cc1. The number of rotatable bonds is 8. The largest absolute Gasteiger partial charge is 0.355 e. The van der Waals surface area contributed by atoms with E-state index in [-0.39, 0.29) is 5.91 Å². The van der Waals surface area contributed by atoms with Crippen molar-refractivity contribution in [2.24, 2.45) is 5.92 Å². The molecule has 1 aromatic carbocycles. The molecule has 1 aliphatic rings. The quantitative estimate of drug-likeness (QED) is 0.724. The second-order valence-corrected chi connectivity index (χ2v) is 6.43. The molecule has 1 atom stereocenters. The van der Waals surface area contributed by atoms with Crippen LogP contribution in [0.5, 0.6) is 0 Å². The summed E-state index contributed by atoms with van der Waals surface area (Å²) in [5, 5.41) is 6.39. The molecule has 20 heavy (non-hydrogen) atoms. The van der Waals surface area contributed by atoms with Crippen molar-refractivity contribution < 1.29 is 4.79 Å². The summed E-state index contributed by atoms with van der Waals surface area (Å²) in [6, 6.07) is 8.85. The number of benzene rings is 1. The maximum atomic E-state index is 11.7. The molecule has 1 unspecified atom stereocenters. The highest BCUT2D eigenvalue weighted by Gasteiger charge is 2.21. The first-order chi connectivity index (χ1) is 9.69. The Bertz CT molecular complexity index is 429. The van der Waals surface area contributed by atoms with Gasteiger partial charge in [-0.1, -0.05) is 19.1 Å². The van der Waals surface area contributed by atoms with Crippen LogP contribution in [0.1, 0.15) is 38.3 Å². The number of hydrogen-bond acceptors (Lipinski definition) is 3. The zero-order valence-corrected chi connectivity index (χ0v) is 13.1. The molecule has 1 saturated carbocycles. The summed E-state index contributed by atoms with van der Waals surface area (Å²) >= 11 is 1.60. The maximum Gasteiger partial charge on any atom is 0.230 e. The van der Waals surface area contributed by atoms with Crippen LogP contribution in [-0.2, 0) is 4.79 Å². The Kier molecular flexibility index (Phi) is 5.92. The summed E-state index contributed by atoms with van der Waals surface area (Å²) in [5.41, 5.74) is 1.29. The Morgan fingerprint density at radius 2 is 2.05 bits per heavy atom. The number of nitrogens with one attached hydrogen (secondary N) is 2. The van der Waals surface area contributed by atoms with Crippen LogP contribution in [0.3, 0.4) is 0 Å². The average molecular weight is 292 g/mol. The van der Waals surface area contributed by atoms with Crippen LogP contribution in [0.15, 0.2) is 29.2 Å². The van der Waals surface area contributed by atoms with Gasteiger partial charge in [0.25, 0.3) is 0 Å². The van der Waals surface area contributed by atoms with Crippen LogP contribution in [0.2, 0.25) is 0 Å². The third kappa shape index (κ3) is 5.17. The van der Waals surface area contributed by atoms with Crippen molar-refractivity contribution in [2.45, 2.75) is 37.6 Å². The lowest BCUT2D eigenvalue weighted by atomic mass is 10.1. The van der Waals surface area contributed by atoms with Gasteiger partial charge in [0.2, 0.25) is 5.91 Å². The van der Waals surface area contributed by atoms with Gasteiger partial charge in [0.1, 0.15) is 0 Å². The molecule has 0 spiro atoms. The van der Waals surface area contributed by atoms with Crippen molar-refractivity contribution in [2.75, 3.05) is 18.8 Å². The molecule has 4 heteroatoms. The van der Waals surface area contributed by atoms with Crippen LogP contribution in [0, 0.1) is 5.92 Å². The van der Waals surface area contributed by atoms with Crippen molar-refractivity contribution in [3.05, 3.63) is 29.8 Å². The van der Waals surface area contributed by atoms with Crippen molar-refractivity contribution in [3.8, 4) is 0 Å². The molecule has 110 valence electrons. The lowest BCUT2D eigenvalue weighted by Crippen LogP contribution is -2.27. The molecule has 1 aliphatic carbocycles. The minimum atomic E-state index is 0.145. The molecule has 0 bridgehead atoms. The predicted molar refractivity (Wildman–Crippen MR) is 85.0 cm³/mol. The standard InChI is InChI=1S/C16H24N2OS/c1-3-17-12(2)14-6-8-15(9-7-14)20-11-16(19)18-10-13-4-5-13/h6-9,12-13,17H,3-5,10-11H2,1-2H3,(H,18,19). The topological polar surface area (TPSA) is 41.1 Å². The van der Waals surface area contributed by atoms with Gasteiger partial charge >= 0.3 is 0 Å². The summed E-state index contributed by atoms with van der Waals surface area (Å²) < 4.78 is 0. The minimum absolute atomic E-state index is 0.145. The highest BCUT2D eigenvalue weighted by molar-refractivity contribution is 8.00. The van der Waals surface area contributed by atoms with Crippen molar-refractivity contribution >= 4 is 17.7 Å². The Morgan fingerprint density at radius 3 is 2.65 bits per heavy atom. The fourth-order valence-corrected chi connectivity index (χ4v) is 2.79. The zero-order valence-electron chi connectivity index (χ0n) is 12.3. The van der Waals surface area contributed by atoms with E-state index >= 15 is 0 Å². The van der Waals surface area contributed by atoms with Crippen molar-refractivity contribution in [1.29, 1.82) is 0 Å². The van der Waals surface area contributed by atoms with E-state index in [2.05, 4.69) is 48.7 Å². The molecule has 0 heterocycles. The van der Waals surface area contributed by atoms with E-state index in [0.717, 1.165) is 23.9 Å². The molecule has 0 aromatic heterocycles. The second kappa shape index (κ2) is 7.70. The summed E-state index contributed by atoms with van der Waals surface area (Å²) in [6.45, 7) is 6.11. The van der Waals surface area contributed by atoms with Gasteiger partial charge in [0, 0.05) is 17.5 Å². The number of carbonyl (C=O) groups excluding carboxylic acids is 1. The van der Waals surface area contributed by atoms with Crippen LogP contribution in [-0.4, -0.2) is 24.7 Å². The van der Waals surface area contributed by atoms with Gasteiger partial charge in [-0.2, -0.15) is 0 Å². The fourth-order valence-electron chi connectivity index (χ4n) is 2.06. The molecule has 1 aromatic rings. The van der Waals surface area contributed by atoms with Gasteiger partial charge in [-0.3, -0.25) is 4.79 Å². The monoisotopic (exact) mass is 292 g/mol. The van der Waals surface area contributed by atoms with Crippen molar-refractivity contribution in [3.63, 3.8) is 0 Å². The van der Waals surface area contributed by atoms with Crippen molar-refractivity contribution in [1.82, 2.24) is 10.6 Å². The van der Waals surface area contributed by atoms with Crippen LogP contribution < -0.4 is 10.6 Å². The van der Waals surface area contributed by atoms with Gasteiger partial charge in [0.15, 0.2) is 0 Å². The molecule has 1 amide bonds. The molecule has 2 N–H and O–H groups in total. The van der Waals surface area contributed by atoms with Crippen LogP contribution >= 0.6 is 11.8 Å². The molecule has 3 nitrogen and oxygen atoms in total. The van der Waals surface area contributed by atoms with E-state index in [1.807, 2.05) is 0 Å². The molecule has 0 saturated heterocycles. The van der Waals surface area contributed by atoms with Crippen LogP contribution in [0.25, 0.3) is 0 Å². The van der Waals surface area contributed by atoms with Gasteiger partial charge in [0.05, 0.1) is 5.75 Å². The lowest BCUT2D eigenvalue weighted by Gasteiger charge is -2.13. The molecular weight excluding hydrogens is 268 g/mol. The first-order valence-corrected chi connectivity index (χ1v) is 8.40. The average Bonchev–Trinajstić information content (AvgIpc) is 3.28. The maximum absolute atomic E-state index is 11.7. The molecule has 2 rings (SSSR count). The first kappa shape index (κ1) is 15.4. The molecular formula is C16H24N2OS. The summed E-state index contributed by atoms with van der Waals surface area (Å²) in [6.07, 6.45) is 2.55. The number of amides is 1. The first-order valence-electron chi connectivity index (χ1n) is 7.42. The second-order valence-electron chi connectivity index (χ2n) is 5.38. The van der Waals surface area contributed by atoms with Crippen LogP contribution in [0.4, 0.5) is 0 Å². The van der Waals surface area contributed by atoms with Gasteiger partial charge in [-0.05, 0) is 49.9 Å². The van der Waals surface area contributed by atoms with Gasteiger partial charge < -0.3 is 10.6 Å². The zero-order chi connectivity index (χ0) is 14.4. The minimum Gasteiger partial charge on any atom is -0.355 e. The number of thioether (sulfide) groups is 1. The highest BCUT2D eigenvalue weighted by Crippen LogP contribution is 2.27. The summed E-state index contributed by atoms with van der Waals surface area (Å²) in [4.78, 5) is 12.8. The van der Waals surface area contributed by atoms with E-state index < -0.39 is 0 Å². The predicted octanol–water partition coefficient (Wildman–Crippen LogP) is 2.98. The third-order valence-electron chi connectivity index (χ3n) is 3.55. The highest BCUT2D eigenvalue weighted by atomic mass is 32.2. The summed E-state index contributed by atoms with van der Waals surface area (Å²) in [7, 11) is 0. The summed E-state index contributed by atoms with van der Waals surface area (Å²) in [5.74, 6) is 1.40. The lowest BCUT2D eigenvalue weighted by molar-refractivity contribution is -0.118. The Labute approximate surface area is 125 Å². The van der Waals surface area contributed by atoms with Gasteiger partial charge in [-0.15, -0.1) is 11.8 Å². The van der Waals surface area contributed by atoms with E-state index in [9.17, 15) is 4.79 Å². The molecule has 1 fully saturated rings. The Balaban J connectivity index is 1.73. The molecule has 0 aliphatic heterocycles. The number of hydrogen-bond donors (Lipinski definition) is 2. The normalized spacial score (nSPS) is 15.9.